The molecule has 0 spiro atoms. The van der Waals surface area contributed by atoms with Crippen LogP contribution in [-0.4, -0.2) is 30.9 Å². The molecule has 1 saturated heterocycles. The van der Waals surface area contributed by atoms with Crippen molar-refractivity contribution in [3.8, 4) is 0 Å². The van der Waals surface area contributed by atoms with Crippen LogP contribution in [0.15, 0.2) is 24.3 Å². The Morgan fingerprint density at radius 1 is 1.33 bits per heavy atom. The van der Waals surface area contributed by atoms with Crippen LogP contribution in [0.4, 0.5) is 5.69 Å². The zero-order valence-corrected chi connectivity index (χ0v) is 10.5. The van der Waals surface area contributed by atoms with E-state index in [1.165, 1.54) is 12.1 Å². The normalized spacial score (nSPS) is 21.9. The maximum absolute atomic E-state index is 11.3. The van der Waals surface area contributed by atoms with Gasteiger partial charge in [0.2, 0.25) is 0 Å². The van der Waals surface area contributed by atoms with Gasteiger partial charge in [0.05, 0.1) is 16.4 Å². The van der Waals surface area contributed by atoms with Crippen LogP contribution in [0.25, 0.3) is 0 Å². The number of hydrogen-bond donors (Lipinski definition) is 1. The second kappa shape index (κ2) is 5.03. The Hall–Kier alpha value is -1.47. The molecule has 6 nitrogen and oxygen atoms in total. The SMILES string of the molecule is O=[N+]([O-])c1ccc(CN[C@H]2CCS(=O)(=O)C2)cc1. The molecular formula is C11H14N2O4S. The monoisotopic (exact) mass is 270 g/mol. The lowest BCUT2D eigenvalue weighted by molar-refractivity contribution is -0.384. The van der Waals surface area contributed by atoms with E-state index in [2.05, 4.69) is 5.32 Å². The first-order valence-corrected chi connectivity index (χ1v) is 7.45. The number of hydrogen-bond acceptors (Lipinski definition) is 5. The fraction of sp³-hybridized carbons (Fsp3) is 0.455. The summed E-state index contributed by atoms with van der Waals surface area (Å²) in [5.74, 6) is 0.422. The van der Waals surface area contributed by atoms with Crippen LogP contribution < -0.4 is 5.32 Å². The van der Waals surface area contributed by atoms with Crippen LogP contribution in [0.5, 0.6) is 0 Å². The third-order valence-electron chi connectivity index (χ3n) is 2.97. The Bertz CT molecular complexity index is 539. The quantitative estimate of drug-likeness (QED) is 0.647. The van der Waals surface area contributed by atoms with E-state index >= 15 is 0 Å². The third kappa shape index (κ3) is 3.27. The Morgan fingerprint density at radius 3 is 2.50 bits per heavy atom. The summed E-state index contributed by atoms with van der Waals surface area (Å²) in [6, 6.07) is 6.23. The first kappa shape index (κ1) is 13.0. The maximum Gasteiger partial charge on any atom is 0.269 e. The van der Waals surface area contributed by atoms with Crippen LogP contribution in [0.2, 0.25) is 0 Å². The Balaban J connectivity index is 1.89. The van der Waals surface area contributed by atoms with Gasteiger partial charge in [0.15, 0.2) is 9.84 Å². The van der Waals surface area contributed by atoms with Crippen molar-refractivity contribution in [2.75, 3.05) is 11.5 Å². The highest BCUT2D eigenvalue weighted by Crippen LogP contribution is 2.14. The summed E-state index contributed by atoms with van der Waals surface area (Å²) >= 11 is 0. The second-order valence-corrected chi connectivity index (χ2v) is 6.63. The topological polar surface area (TPSA) is 89.3 Å². The van der Waals surface area contributed by atoms with Gasteiger partial charge < -0.3 is 5.32 Å². The second-order valence-electron chi connectivity index (χ2n) is 4.40. The molecule has 0 aliphatic carbocycles. The van der Waals surface area contributed by atoms with Crippen molar-refractivity contribution in [1.29, 1.82) is 0 Å². The summed E-state index contributed by atoms with van der Waals surface area (Å²) in [6.45, 7) is 0.526. The summed E-state index contributed by atoms with van der Waals surface area (Å²) < 4.78 is 22.5. The number of nitrogens with one attached hydrogen (secondary N) is 1. The minimum Gasteiger partial charge on any atom is -0.309 e. The molecule has 98 valence electrons. The Morgan fingerprint density at radius 2 is 2.00 bits per heavy atom. The molecule has 1 aromatic rings. The molecule has 0 amide bonds. The van der Waals surface area contributed by atoms with Gasteiger partial charge in [-0.05, 0) is 12.0 Å². The number of non-ortho nitro benzene ring substituents is 1. The van der Waals surface area contributed by atoms with Gasteiger partial charge in [-0.3, -0.25) is 10.1 Å². The molecule has 0 saturated carbocycles. The fourth-order valence-electron chi connectivity index (χ4n) is 1.95. The lowest BCUT2D eigenvalue weighted by Gasteiger charge is -2.10. The van der Waals surface area contributed by atoms with Crippen molar-refractivity contribution >= 4 is 15.5 Å². The first-order chi connectivity index (χ1) is 8.46. The van der Waals surface area contributed by atoms with E-state index in [1.54, 1.807) is 12.1 Å². The molecule has 2 rings (SSSR count). The summed E-state index contributed by atoms with van der Waals surface area (Å²) in [4.78, 5) is 10.0. The van der Waals surface area contributed by atoms with Crippen molar-refractivity contribution in [2.45, 2.75) is 19.0 Å². The Labute approximate surface area is 105 Å². The minimum absolute atomic E-state index is 0.00908. The van der Waals surface area contributed by atoms with E-state index < -0.39 is 14.8 Å². The van der Waals surface area contributed by atoms with Gasteiger partial charge in [0.25, 0.3) is 5.69 Å². The zero-order valence-electron chi connectivity index (χ0n) is 9.70. The molecule has 1 fully saturated rings. The number of benzene rings is 1. The predicted octanol–water partition coefficient (Wildman–Crippen LogP) is 0.872. The number of nitro benzene ring substituents is 1. The van der Waals surface area contributed by atoms with E-state index in [9.17, 15) is 18.5 Å². The van der Waals surface area contributed by atoms with Crippen LogP contribution in [-0.2, 0) is 16.4 Å². The molecule has 1 N–H and O–H groups in total. The van der Waals surface area contributed by atoms with Crippen molar-refractivity contribution in [3.63, 3.8) is 0 Å². The highest BCUT2D eigenvalue weighted by molar-refractivity contribution is 7.91. The van der Waals surface area contributed by atoms with E-state index in [0.717, 1.165) is 5.56 Å². The number of nitrogens with zero attached hydrogens (tertiary/aromatic N) is 1. The molecule has 0 aromatic heterocycles. The van der Waals surface area contributed by atoms with Gasteiger partial charge in [-0.15, -0.1) is 0 Å². The minimum atomic E-state index is -2.87. The molecule has 18 heavy (non-hydrogen) atoms. The third-order valence-corrected chi connectivity index (χ3v) is 4.74. The molecular weight excluding hydrogens is 256 g/mol. The summed E-state index contributed by atoms with van der Waals surface area (Å²) in [6.07, 6.45) is 0.634. The van der Waals surface area contributed by atoms with Crippen LogP contribution in [0.3, 0.4) is 0 Å². The van der Waals surface area contributed by atoms with Crippen molar-refractivity contribution in [2.24, 2.45) is 0 Å². The van der Waals surface area contributed by atoms with E-state index in [4.69, 9.17) is 0 Å². The van der Waals surface area contributed by atoms with E-state index in [0.29, 0.717) is 13.0 Å². The number of nitro groups is 1. The smallest absolute Gasteiger partial charge is 0.269 e. The summed E-state index contributed by atoms with van der Waals surface area (Å²) in [5.41, 5.74) is 0.965. The summed E-state index contributed by atoms with van der Waals surface area (Å²) in [5, 5.41) is 13.6. The van der Waals surface area contributed by atoms with Gasteiger partial charge >= 0.3 is 0 Å². The van der Waals surface area contributed by atoms with Crippen LogP contribution >= 0.6 is 0 Å². The van der Waals surface area contributed by atoms with E-state index in [-0.39, 0.29) is 23.2 Å². The van der Waals surface area contributed by atoms with Gasteiger partial charge in [-0.25, -0.2) is 8.42 Å². The molecule has 1 heterocycles. The van der Waals surface area contributed by atoms with Gasteiger partial charge in [-0.2, -0.15) is 0 Å². The highest BCUT2D eigenvalue weighted by atomic mass is 32.2. The molecule has 1 aliphatic heterocycles. The van der Waals surface area contributed by atoms with Gasteiger partial charge in [0, 0.05) is 24.7 Å². The Kier molecular flexibility index (Phi) is 3.63. The standard InChI is InChI=1S/C11H14N2O4S/c14-13(15)11-3-1-9(2-4-11)7-12-10-5-6-18(16,17)8-10/h1-4,10,12H,5-8H2/t10-/m0/s1. The lowest BCUT2D eigenvalue weighted by atomic mass is 10.2. The van der Waals surface area contributed by atoms with Crippen molar-refractivity contribution in [1.82, 2.24) is 5.32 Å². The molecule has 7 heteroatoms. The molecule has 1 aliphatic rings. The van der Waals surface area contributed by atoms with Crippen molar-refractivity contribution < 1.29 is 13.3 Å². The van der Waals surface area contributed by atoms with E-state index in [1.807, 2.05) is 0 Å². The molecule has 0 radical (unpaired) electrons. The average molecular weight is 270 g/mol. The van der Waals surface area contributed by atoms with Gasteiger partial charge in [-0.1, -0.05) is 12.1 Å². The predicted molar refractivity (Wildman–Crippen MR) is 67.0 cm³/mol. The fourth-order valence-corrected chi connectivity index (χ4v) is 3.66. The van der Waals surface area contributed by atoms with Crippen molar-refractivity contribution in [3.05, 3.63) is 39.9 Å². The zero-order chi connectivity index (χ0) is 13.2. The molecule has 0 unspecified atom stereocenters. The highest BCUT2D eigenvalue weighted by Gasteiger charge is 2.27. The molecule has 0 bridgehead atoms. The number of sulfone groups is 1. The average Bonchev–Trinajstić information content (AvgIpc) is 2.67. The molecule has 1 aromatic carbocycles. The molecule has 1 atom stereocenters. The first-order valence-electron chi connectivity index (χ1n) is 5.63. The largest absolute Gasteiger partial charge is 0.309 e. The number of rotatable bonds is 4. The maximum atomic E-state index is 11.3. The van der Waals surface area contributed by atoms with Crippen LogP contribution in [0.1, 0.15) is 12.0 Å². The lowest BCUT2D eigenvalue weighted by Crippen LogP contribution is -2.29. The van der Waals surface area contributed by atoms with Gasteiger partial charge in [0.1, 0.15) is 0 Å². The summed E-state index contributed by atoms with van der Waals surface area (Å²) in [7, 11) is -2.87. The van der Waals surface area contributed by atoms with Crippen LogP contribution in [0, 0.1) is 10.1 Å².